The van der Waals surface area contributed by atoms with Crippen LogP contribution in [0.3, 0.4) is 0 Å². The van der Waals surface area contributed by atoms with E-state index in [0.29, 0.717) is 0 Å². The Kier molecular flexibility index (Phi) is 4.85. The van der Waals surface area contributed by atoms with Gasteiger partial charge in [0.2, 0.25) is 5.91 Å². The Labute approximate surface area is 124 Å². The van der Waals surface area contributed by atoms with Crippen LogP contribution < -0.4 is 5.32 Å². The molecule has 0 atom stereocenters. The number of hydrogen-bond acceptors (Lipinski definition) is 3. The minimum atomic E-state index is -0.873. The van der Waals surface area contributed by atoms with Crippen molar-refractivity contribution in [3.05, 3.63) is 0 Å². The van der Waals surface area contributed by atoms with E-state index in [1.807, 2.05) is 0 Å². The molecule has 6 nitrogen and oxygen atoms in total. The molecule has 2 fully saturated rings. The van der Waals surface area contributed by atoms with Crippen LogP contribution >= 0.6 is 0 Å². The average Bonchev–Trinajstić information content (AvgIpc) is 2.73. The maximum Gasteiger partial charge on any atom is 0.324 e. The van der Waals surface area contributed by atoms with Gasteiger partial charge in [-0.3, -0.25) is 14.9 Å². The number of amides is 3. The third-order valence-electron chi connectivity index (χ3n) is 4.92. The molecule has 0 unspecified atom stereocenters. The number of rotatable bonds is 5. The molecule has 21 heavy (non-hydrogen) atoms. The highest BCUT2D eigenvalue weighted by Crippen LogP contribution is 2.44. The summed E-state index contributed by atoms with van der Waals surface area (Å²) in [4.78, 5) is 36.6. The summed E-state index contributed by atoms with van der Waals surface area (Å²) in [6, 6.07) is -0.134. The number of nitrogens with zero attached hydrogens (tertiary/aromatic N) is 1. The molecule has 0 aromatic rings. The highest BCUT2D eigenvalue weighted by atomic mass is 16.4. The fourth-order valence-electron chi connectivity index (χ4n) is 3.39. The first-order valence-corrected chi connectivity index (χ1v) is 7.70. The molecular weight excluding hydrogens is 272 g/mol. The van der Waals surface area contributed by atoms with Crippen molar-refractivity contribution in [1.82, 2.24) is 10.2 Å². The number of carbonyl (C=O) groups excluding carboxylic acids is 2. The molecule has 118 valence electrons. The molecule has 0 aromatic heterocycles. The van der Waals surface area contributed by atoms with Crippen LogP contribution in [0.1, 0.15) is 57.8 Å². The molecule has 0 spiro atoms. The molecular formula is C15H24N2O4. The summed E-state index contributed by atoms with van der Waals surface area (Å²) in [5, 5.41) is 11.4. The molecule has 6 heteroatoms. The molecule has 2 saturated carbocycles. The van der Waals surface area contributed by atoms with Gasteiger partial charge in [-0.1, -0.05) is 12.8 Å². The van der Waals surface area contributed by atoms with E-state index in [2.05, 4.69) is 5.32 Å². The van der Waals surface area contributed by atoms with Crippen LogP contribution in [0.25, 0.3) is 0 Å². The third kappa shape index (κ3) is 3.95. The van der Waals surface area contributed by atoms with Gasteiger partial charge in [-0.2, -0.15) is 0 Å². The van der Waals surface area contributed by atoms with Crippen molar-refractivity contribution in [2.75, 3.05) is 7.05 Å². The minimum absolute atomic E-state index is 0.00702. The number of carboxylic acid groups (broad SMARTS) is 1. The SMILES string of the molecule is CN(C(=O)NC(=O)CC1(CC(=O)O)CCCC1)C1CCC1. The summed E-state index contributed by atoms with van der Waals surface area (Å²) >= 11 is 0. The molecule has 0 aromatic carbocycles. The molecule has 0 bridgehead atoms. The summed E-state index contributed by atoms with van der Waals surface area (Å²) in [7, 11) is 1.70. The number of carbonyl (C=O) groups is 3. The van der Waals surface area contributed by atoms with E-state index in [-0.39, 0.29) is 30.8 Å². The smallest absolute Gasteiger partial charge is 0.324 e. The quantitative estimate of drug-likeness (QED) is 0.813. The molecule has 0 aliphatic heterocycles. The monoisotopic (exact) mass is 296 g/mol. The lowest BCUT2D eigenvalue weighted by Gasteiger charge is -2.34. The van der Waals surface area contributed by atoms with Crippen molar-refractivity contribution in [2.45, 2.75) is 63.8 Å². The van der Waals surface area contributed by atoms with Gasteiger partial charge in [0.05, 0.1) is 6.42 Å². The van der Waals surface area contributed by atoms with Gasteiger partial charge < -0.3 is 10.0 Å². The second-order valence-electron chi connectivity index (χ2n) is 6.50. The Bertz CT molecular complexity index is 425. The van der Waals surface area contributed by atoms with Gasteiger partial charge in [0, 0.05) is 19.5 Å². The number of nitrogens with one attached hydrogen (secondary N) is 1. The van der Waals surface area contributed by atoms with E-state index in [9.17, 15) is 14.4 Å². The molecule has 2 N–H and O–H groups in total. The van der Waals surface area contributed by atoms with Crippen molar-refractivity contribution < 1.29 is 19.5 Å². The van der Waals surface area contributed by atoms with Crippen LogP contribution in [0.4, 0.5) is 4.79 Å². The molecule has 2 rings (SSSR count). The first-order valence-electron chi connectivity index (χ1n) is 7.70. The summed E-state index contributed by atoms with van der Waals surface area (Å²) in [6.07, 6.45) is 6.64. The summed E-state index contributed by atoms with van der Waals surface area (Å²) in [5.41, 5.74) is -0.467. The Balaban J connectivity index is 1.87. The lowest BCUT2D eigenvalue weighted by Crippen LogP contribution is -2.48. The van der Waals surface area contributed by atoms with Crippen LogP contribution in [0, 0.1) is 5.41 Å². The van der Waals surface area contributed by atoms with E-state index >= 15 is 0 Å². The zero-order valence-corrected chi connectivity index (χ0v) is 12.6. The Hall–Kier alpha value is -1.59. The fourth-order valence-corrected chi connectivity index (χ4v) is 3.39. The van der Waals surface area contributed by atoms with E-state index < -0.39 is 11.4 Å². The van der Waals surface area contributed by atoms with Gasteiger partial charge in [-0.05, 0) is 37.5 Å². The largest absolute Gasteiger partial charge is 0.481 e. The highest BCUT2D eigenvalue weighted by Gasteiger charge is 2.38. The number of hydrogen-bond donors (Lipinski definition) is 2. The lowest BCUT2D eigenvalue weighted by atomic mass is 9.79. The predicted octanol–water partition coefficient (Wildman–Crippen LogP) is 2.13. The van der Waals surface area contributed by atoms with Crippen molar-refractivity contribution in [1.29, 1.82) is 0 Å². The van der Waals surface area contributed by atoms with Crippen LogP contribution in [0.2, 0.25) is 0 Å². The van der Waals surface area contributed by atoms with E-state index in [4.69, 9.17) is 5.11 Å². The zero-order valence-electron chi connectivity index (χ0n) is 12.6. The number of aliphatic carboxylic acids is 1. The van der Waals surface area contributed by atoms with E-state index in [1.165, 1.54) is 0 Å². The summed E-state index contributed by atoms with van der Waals surface area (Å²) in [5.74, 6) is -1.23. The Morgan fingerprint density at radius 2 is 1.76 bits per heavy atom. The third-order valence-corrected chi connectivity index (χ3v) is 4.92. The molecule has 3 amide bonds. The van der Waals surface area contributed by atoms with Crippen molar-refractivity contribution >= 4 is 17.9 Å². The topological polar surface area (TPSA) is 86.7 Å². The number of imide groups is 1. The fraction of sp³-hybridized carbons (Fsp3) is 0.800. The van der Waals surface area contributed by atoms with E-state index in [0.717, 1.165) is 44.9 Å². The molecule has 0 saturated heterocycles. The molecule has 2 aliphatic rings. The van der Waals surface area contributed by atoms with Gasteiger partial charge in [0.25, 0.3) is 0 Å². The van der Waals surface area contributed by atoms with Crippen LogP contribution in [-0.2, 0) is 9.59 Å². The van der Waals surface area contributed by atoms with Crippen molar-refractivity contribution in [3.63, 3.8) is 0 Å². The summed E-state index contributed by atoms with van der Waals surface area (Å²) in [6.45, 7) is 0. The first kappa shape index (κ1) is 15.8. The molecule has 0 heterocycles. The van der Waals surface area contributed by atoms with Crippen LogP contribution in [-0.4, -0.2) is 41.0 Å². The minimum Gasteiger partial charge on any atom is -0.481 e. The predicted molar refractivity (Wildman–Crippen MR) is 76.7 cm³/mol. The van der Waals surface area contributed by atoms with Gasteiger partial charge in [-0.15, -0.1) is 0 Å². The van der Waals surface area contributed by atoms with Crippen LogP contribution in [0.5, 0.6) is 0 Å². The highest BCUT2D eigenvalue weighted by molar-refractivity contribution is 5.94. The van der Waals surface area contributed by atoms with Crippen molar-refractivity contribution in [3.8, 4) is 0 Å². The molecule has 0 radical (unpaired) electrons. The second-order valence-corrected chi connectivity index (χ2v) is 6.50. The first-order chi connectivity index (χ1) is 9.92. The Morgan fingerprint density at radius 3 is 2.24 bits per heavy atom. The Morgan fingerprint density at radius 1 is 1.14 bits per heavy atom. The van der Waals surface area contributed by atoms with Gasteiger partial charge in [0.1, 0.15) is 0 Å². The van der Waals surface area contributed by atoms with Gasteiger partial charge in [-0.25, -0.2) is 4.79 Å². The maximum absolute atomic E-state index is 12.1. The van der Waals surface area contributed by atoms with Crippen molar-refractivity contribution in [2.24, 2.45) is 5.41 Å². The van der Waals surface area contributed by atoms with E-state index in [1.54, 1.807) is 11.9 Å². The lowest BCUT2D eigenvalue weighted by molar-refractivity contribution is -0.140. The van der Waals surface area contributed by atoms with Gasteiger partial charge >= 0.3 is 12.0 Å². The zero-order chi connectivity index (χ0) is 15.5. The van der Waals surface area contributed by atoms with Gasteiger partial charge in [0.15, 0.2) is 0 Å². The normalized spacial score (nSPS) is 20.6. The number of urea groups is 1. The van der Waals surface area contributed by atoms with Crippen LogP contribution in [0.15, 0.2) is 0 Å². The average molecular weight is 296 g/mol. The maximum atomic E-state index is 12.1. The molecule has 2 aliphatic carbocycles. The number of carboxylic acids is 1. The standard InChI is InChI=1S/C15H24N2O4/c1-17(11-5-4-6-11)14(21)16-12(18)9-15(10-13(19)20)7-2-3-8-15/h11H,2-10H2,1H3,(H,19,20)(H,16,18,21). The summed E-state index contributed by atoms with van der Waals surface area (Å²) < 4.78 is 0. The second kappa shape index (κ2) is 6.45.